The molecule has 0 aliphatic heterocycles. The molecule has 0 fully saturated rings. The van der Waals surface area contributed by atoms with Crippen LogP contribution < -0.4 is 5.32 Å². The molecular weight excluding hydrogens is 362 g/mol. The molecule has 0 saturated heterocycles. The summed E-state index contributed by atoms with van der Waals surface area (Å²) in [6.45, 7) is 0. The SMILES string of the molecule is O=C(c1ccccc1)c1ccc2nc(NC(=O)c3ncccc3O)sc2c1. The maximum absolute atomic E-state index is 12.6. The summed E-state index contributed by atoms with van der Waals surface area (Å²) in [5, 5.41) is 12.7. The van der Waals surface area contributed by atoms with Gasteiger partial charge in [-0.05, 0) is 30.3 Å². The van der Waals surface area contributed by atoms with Crippen molar-refractivity contribution in [3.63, 3.8) is 0 Å². The van der Waals surface area contributed by atoms with E-state index in [1.165, 1.54) is 29.7 Å². The predicted octanol–water partition coefficient (Wildman–Crippen LogP) is 3.88. The summed E-state index contributed by atoms with van der Waals surface area (Å²) in [5.41, 5.74) is 1.76. The van der Waals surface area contributed by atoms with Gasteiger partial charge in [-0.3, -0.25) is 14.9 Å². The van der Waals surface area contributed by atoms with Gasteiger partial charge < -0.3 is 5.11 Å². The van der Waals surface area contributed by atoms with Gasteiger partial charge in [-0.25, -0.2) is 9.97 Å². The van der Waals surface area contributed by atoms with Gasteiger partial charge in [0.1, 0.15) is 5.75 Å². The number of amides is 1. The summed E-state index contributed by atoms with van der Waals surface area (Å²) in [6.07, 6.45) is 1.43. The summed E-state index contributed by atoms with van der Waals surface area (Å²) in [4.78, 5) is 33.0. The van der Waals surface area contributed by atoms with Crippen LogP contribution in [0.4, 0.5) is 5.13 Å². The maximum Gasteiger partial charge on any atom is 0.279 e. The number of ketones is 1. The van der Waals surface area contributed by atoms with Crippen LogP contribution in [0.3, 0.4) is 0 Å². The van der Waals surface area contributed by atoms with Crippen molar-refractivity contribution in [2.24, 2.45) is 0 Å². The van der Waals surface area contributed by atoms with Crippen LogP contribution in [0.5, 0.6) is 5.75 Å². The molecule has 0 saturated carbocycles. The third kappa shape index (κ3) is 3.40. The van der Waals surface area contributed by atoms with Gasteiger partial charge in [0.25, 0.3) is 5.91 Å². The van der Waals surface area contributed by atoms with Crippen LogP contribution in [0, 0.1) is 0 Å². The van der Waals surface area contributed by atoms with Crippen LogP contribution in [0.15, 0.2) is 66.9 Å². The standard InChI is InChI=1S/C20H13N3O3S/c24-15-7-4-10-21-17(15)19(26)23-20-22-14-9-8-13(11-16(14)27-20)18(25)12-5-2-1-3-6-12/h1-11,24H,(H,22,23,26). The second-order valence-electron chi connectivity index (χ2n) is 5.72. The zero-order valence-corrected chi connectivity index (χ0v) is 14.7. The number of benzene rings is 2. The number of carbonyl (C=O) groups is 2. The van der Waals surface area contributed by atoms with Gasteiger partial charge in [0, 0.05) is 17.3 Å². The van der Waals surface area contributed by atoms with Crippen LogP contribution in [0.1, 0.15) is 26.4 Å². The molecule has 2 aromatic heterocycles. The minimum Gasteiger partial charge on any atom is -0.505 e. The molecule has 2 aromatic carbocycles. The Morgan fingerprint density at radius 3 is 2.56 bits per heavy atom. The van der Waals surface area contributed by atoms with Crippen molar-refractivity contribution in [1.29, 1.82) is 0 Å². The first-order valence-electron chi connectivity index (χ1n) is 8.07. The van der Waals surface area contributed by atoms with Gasteiger partial charge in [0.05, 0.1) is 10.2 Å². The zero-order chi connectivity index (χ0) is 18.8. The Balaban J connectivity index is 1.61. The Labute approximate surface area is 158 Å². The van der Waals surface area contributed by atoms with E-state index in [0.29, 0.717) is 21.8 Å². The second-order valence-corrected chi connectivity index (χ2v) is 6.75. The molecule has 27 heavy (non-hydrogen) atoms. The number of fused-ring (bicyclic) bond motifs is 1. The van der Waals surface area contributed by atoms with Gasteiger partial charge in [0.15, 0.2) is 16.6 Å². The fraction of sp³-hybridized carbons (Fsp3) is 0. The lowest BCUT2D eigenvalue weighted by atomic mass is 10.0. The molecule has 2 N–H and O–H groups in total. The molecule has 7 heteroatoms. The molecule has 0 bridgehead atoms. The number of hydrogen-bond acceptors (Lipinski definition) is 6. The Morgan fingerprint density at radius 2 is 1.78 bits per heavy atom. The third-order valence-electron chi connectivity index (χ3n) is 3.91. The van der Waals surface area contributed by atoms with E-state index >= 15 is 0 Å². The van der Waals surface area contributed by atoms with Gasteiger partial charge >= 0.3 is 0 Å². The molecular formula is C20H13N3O3S. The van der Waals surface area contributed by atoms with E-state index in [1.807, 2.05) is 18.2 Å². The number of pyridine rings is 1. The Kier molecular flexibility index (Phi) is 4.35. The lowest BCUT2D eigenvalue weighted by Crippen LogP contribution is -2.13. The van der Waals surface area contributed by atoms with Crippen LogP contribution >= 0.6 is 11.3 Å². The fourth-order valence-corrected chi connectivity index (χ4v) is 3.50. The van der Waals surface area contributed by atoms with Gasteiger partial charge in [0.2, 0.25) is 0 Å². The highest BCUT2D eigenvalue weighted by molar-refractivity contribution is 7.22. The largest absolute Gasteiger partial charge is 0.505 e. The first-order valence-corrected chi connectivity index (χ1v) is 8.89. The van der Waals surface area contributed by atoms with Crippen molar-refractivity contribution in [3.05, 3.63) is 83.7 Å². The van der Waals surface area contributed by atoms with E-state index in [0.717, 1.165) is 4.70 Å². The van der Waals surface area contributed by atoms with E-state index in [9.17, 15) is 14.7 Å². The highest BCUT2D eigenvalue weighted by Gasteiger charge is 2.16. The highest BCUT2D eigenvalue weighted by atomic mass is 32.1. The second kappa shape index (κ2) is 6.97. The quantitative estimate of drug-likeness (QED) is 0.528. The summed E-state index contributed by atoms with van der Waals surface area (Å²) in [6, 6.07) is 17.2. The van der Waals surface area contributed by atoms with Crippen molar-refractivity contribution < 1.29 is 14.7 Å². The Bertz CT molecular complexity index is 1160. The summed E-state index contributed by atoms with van der Waals surface area (Å²) in [5.74, 6) is -0.825. The first kappa shape index (κ1) is 16.9. The van der Waals surface area contributed by atoms with Crippen molar-refractivity contribution in [2.75, 3.05) is 5.32 Å². The molecule has 6 nitrogen and oxygen atoms in total. The van der Waals surface area contributed by atoms with E-state index < -0.39 is 5.91 Å². The summed E-state index contributed by atoms with van der Waals surface area (Å²) in [7, 11) is 0. The highest BCUT2D eigenvalue weighted by Crippen LogP contribution is 2.28. The van der Waals surface area contributed by atoms with Crippen LogP contribution in [0.2, 0.25) is 0 Å². The summed E-state index contributed by atoms with van der Waals surface area (Å²) < 4.78 is 0.775. The molecule has 2 heterocycles. The number of anilines is 1. The number of nitrogens with zero attached hydrogens (tertiary/aromatic N) is 2. The van der Waals surface area contributed by atoms with E-state index in [1.54, 1.807) is 30.3 Å². The minimum absolute atomic E-state index is 0.0725. The van der Waals surface area contributed by atoms with E-state index in [-0.39, 0.29) is 17.2 Å². The normalized spacial score (nSPS) is 10.7. The first-order chi connectivity index (χ1) is 13.1. The molecule has 0 spiro atoms. The van der Waals surface area contributed by atoms with E-state index in [4.69, 9.17) is 0 Å². The number of rotatable bonds is 4. The van der Waals surface area contributed by atoms with Crippen molar-refractivity contribution >= 4 is 38.4 Å². The molecule has 0 aliphatic rings. The molecule has 1 amide bonds. The van der Waals surface area contributed by atoms with Gasteiger partial charge in [-0.2, -0.15) is 0 Å². The molecule has 4 aromatic rings. The van der Waals surface area contributed by atoms with Crippen LogP contribution in [0.25, 0.3) is 10.2 Å². The van der Waals surface area contributed by atoms with Crippen LogP contribution in [-0.4, -0.2) is 26.8 Å². The predicted molar refractivity (Wildman–Crippen MR) is 103 cm³/mol. The zero-order valence-electron chi connectivity index (χ0n) is 13.9. The van der Waals surface area contributed by atoms with Crippen molar-refractivity contribution in [1.82, 2.24) is 9.97 Å². The monoisotopic (exact) mass is 375 g/mol. The molecule has 0 aliphatic carbocycles. The minimum atomic E-state index is -0.548. The maximum atomic E-state index is 12.6. The molecule has 132 valence electrons. The Hall–Kier alpha value is -3.58. The van der Waals surface area contributed by atoms with E-state index in [2.05, 4.69) is 15.3 Å². The summed E-state index contributed by atoms with van der Waals surface area (Å²) >= 11 is 1.25. The average Bonchev–Trinajstić information content (AvgIpc) is 3.09. The molecule has 0 radical (unpaired) electrons. The molecule has 4 rings (SSSR count). The third-order valence-corrected chi connectivity index (χ3v) is 4.84. The number of aromatic hydroxyl groups is 1. The Morgan fingerprint density at radius 1 is 0.963 bits per heavy atom. The number of nitrogens with one attached hydrogen (secondary N) is 1. The fourth-order valence-electron chi connectivity index (χ4n) is 2.60. The smallest absolute Gasteiger partial charge is 0.279 e. The number of aromatic nitrogens is 2. The van der Waals surface area contributed by atoms with Crippen molar-refractivity contribution in [2.45, 2.75) is 0 Å². The molecule has 0 atom stereocenters. The van der Waals surface area contributed by atoms with Gasteiger partial charge in [-0.1, -0.05) is 41.7 Å². The van der Waals surface area contributed by atoms with Crippen molar-refractivity contribution in [3.8, 4) is 5.75 Å². The lowest BCUT2D eigenvalue weighted by molar-refractivity contribution is 0.101. The van der Waals surface area contributed by atoms with Gasteiger partial charge in [-0.15, -0.1) is 0 Å². The average molecular weight is 375 g/mol. The number of hydrogen-bond donors (Lipinski definition) is 2. The lowest BCUT2D eigenvalue weighted by Gasteiger charge is -2.02. The number of thiazole rings is 1. The topological polar surface area (TPSA) is 92.2 Å². The van der Waals surface area contributed by atoms with Crippen LogP contribution in [-0.2, 0) is 0 Å². The number of carbonyl (C=O) groups excluding carboxylic acids is 2. The molecule has 0 unspecified atom stereocenters.